The molecule has 4 nitrogen and oxygen atoms in total. The predicted molar refractivity (Wildman–Crippen MR) is 75.4 cm³/mol. The SMILES string of the molecule is CCS(=O)(=O)CC(C)Nc1cc(Cl)ccc1OC. The fourth-order valence-corrected chi connectivity index (χ4v) is 2.85. The summed E-state index contributed by atoms with van der Waals surface area (Å²) in [6.07, 6.45) is 0. The van der Waals surface area contributed by atoms with E-state index in [1.807, 2.05) is 6.92 Å². The minimum atomic E-state index is -3.00. The first-order valence-corrected chi connectivity index (χ1v) is 7.88. The molecule has 0 spiro atoms. The molecule has 18 heavy (non-hydrogen) atoms. The molecule has 0 aliphatic carbocycles. The number of sulfone groups is 1. The Kier molecular flexibility index (Phi) is 5.28. The molecule has 1 unspecified atom stereocenters. The maximum Gasteiger partial charge on any atom is 0.152 e. The molecule has 0 radical (unpaired) electrons. The summed E-state index contributed by atoms with van der Waals surface area (Å²) in [7, 11) is -1.45. The maximum absolute atomic E-state index is 11.5. The molecule has 0 amide bonds. The van der Waals surface area contributed by atoms with Gasteiger partial charge < -0.3 is 10.1 Å². The Morgan fingerprint density at radius 1 is 1.44 bits per heavy atom. The number of rotatable bonds is 6. The van der Waals surface area contributed by atoms with Gasteiger partial charge in [-0.05, 0) is 25.1 Å². The predicted octanol–water partition coefficient (Wildman–Crippen LogP) is 2.58. The maximum atomic E-state index is 11.5. The van der Waals surface area contributed by atoms with Crippen molar-refractivity contribution >= 4 is 27.1 Å². The van der Waals surface area contributed by atoms with Crippen LogP contribution in [0.25, 0.3) is 0 Å². The highest BCUT2D eigenvalue weighted by Gasteiger charge is 2.15. The summed E-state index contributed by atoms with van der Waals surface area (Å²) in [6, 6.07) is 4.97. The van der Waals surface area contributed by atoms with Gasteiger partial charge in [0.05, 0.1) is 18.6 Å². The number of methoxy groups -OCH3 is 1. The van der Waals surface area contributed by atoms with Crippen LogP contribution in [0.3, 0.4) is 0 Å². The lowest BCUT2D eigenvalue weighted by Crippen LogP contribution is -2.26. The Bertz CT molecular complexity index is 502. The Morgan fingerprint density at radius 3 is 2.67 bits per heavy atom. The molecule has 1 atom stereocenters. The normalized spacial score (nSPS) is 13.1. The molecular weight excluding hydrogens is 274 g/mol. The van der Waals surface area contributed by atoms with Gasteiger partial charge in [-0.3, -0.25) is 0 Å². The van der Waals surface area contributed by atoms with Gasteiger partial charge in [0.2, 0.25) is 0 Å². The van der Waals surface area contributed by atoms with E-state index in [-0.39, 0.29) is 17.5 Å². The van der Waals surface area contributed by atoms with Gasteiger partial charge in [-0.2, -0.15) is 0 Å². The first kappa shape index (κ1) is 15.1. The second-order valence-electron chi connectivity index (χ2n) is 4.09. The molecule has 0 aromatic heterocycles. The van der Waals surface area contributed by atoms with E-state index in [9.17, 15) is 8.42 Å². The van der Waals surface area contributed by atoms with Crippen molar-refractivity contribution in [1.82, 2.24) is 0 Å². The van der Waals surface area contributed by atoms with Gasteiger partial charge in [-0.1, -0.05) is 18.5 Å². The lowest BCUT2D eigenvalue weighted by Gasteiger charge is -2.17. The van der Waals surface area contributed by atoms with Gasteiger partial charge in [-0.15, -0.1) is 0 Å². The van der Waals surface area contributed by atoms with Gasteiger partial charge in [-0.25, -0.2) is 8.42 Å². The van der Waals surface area contributed by atoms with Gasteiger partial charge in [0.15, 0.2) is 9.84 Å². The number of ether oxygens (including phenoxy) is 1. The van der Waals surface area contributed by atoms with Gasteiger partial charge in [0.25, 0.3) is 0 Å². The van der Waals surface area contributed by atoms with Crippen molar-refractivity contribution in [2.45, 2.75) is 19.9 Å². The quantitative estimate of drug-likeness (QED) is 0.875. The van der Waals surface area contributed by atoms with E-state index in [1.54, 1.807) is 32.2 Å². The first-order chi connectivity index (χ1) is 8.38. The van der Waals surface area contributed by atoms with Gasteiger partial charge >= 0.3 is 0 Å². The second kappa shape index (κ2) is 6.29. The highest BCUT2D eigenvalue weighted by atomic mass is 35.5. The topological polar surface area (TPSA) is 55.4 Å². The Balaban J connectivity index is 2.81. The molecule has 0 saturated carbocycles. The number of nitrogens with one attached hydrogen (secondary N) is 1. The highest BCUT2D eigenvalue weighted by Crippen LogP contribution is 2.28. The molecule has 0 fully saturated rings. The van der Waals surface area contributed by atoms with E-state index in [1.165, 1.54) is 0 Å². The van der Waals surface area contributed by atoms with Crippen LogP contribution in [0.15, 0.2) is 18.2 Å². The van der Waals surface area contributed by atoms with Crippen LogP contribution in [0.4, 0.5) is 5.69 Å². The van der Waals surface area contributed by atoms with Crippen LogP contribution in [0, 0.1) is 0 Å². The molecule has 102 valence electrons. The largest absolute Gasteiger partial charge is 0.495 e. The smallest absolute Gasteiger partial charge is 0.152 e. The molecule has 0 bridgehead atoms. The molecule has 1 rings (SSSR count). The second-order valence-corrected chi connectivity index (χ2v) is 6.92. The molecule has 0 aliphatic rings. The van der Waals surface area contributed by atoms with Crippen molar-refractivity contribution in [2.24, 2.45) is 0 Å². The zero-order valence-electron chi connectivity index (χ0n) is 10.7. The summed E-state index contributed by atoms with van der Waals surface area (Å²) in [6.45, 7) is 3.45. The third-order valence-corrected chi connectivity index (χ3v) is 4.63. The van der Waals surface area contributed by atoms with Crippen LogP contribution in [-0.2, 0) is 9.84 Å². The molecule has 6 heteroatoms. The van der Waals surface area contributed by atoms with E-state index in [0.717, 1.165) is 0 Å². The third-order valence-electron chi connectivity index (χ3n) is 2.51. The van der Waals surface area contributed by atoms with Crippen LogP contribution >= 0.6 is 11.6 Å². The lowest BCUT2D eigenvalue weighted by molar-refractivity contribution is 0.416. The number of hydrogen-bond acceptors (Lipinski definition) is 4. The minimum Gasteiger partial charge on any atom is -0.495 e. The summed E-state index contributed by atoms with van der Waals surface area (Å²) >= 11 is 5.90. The fraction of sp³-hybridized carbons (Fsp3) is 0.500. The summed E-state index contributed by atoms with van der Waals surface area (Å²) in [5.74, 6) is 0.866. The Morgan fingerprint density at radius 2 is 2.11 bits per heavy atom. The number of anilines is 1. The summed E-state index contributed by atoms with van der Waals surface area (Å²) in [5.41, 5.74) is 0.698. The van der Waals surface area contributed by atoms with Crippen molar-refractivity contribution in [3.8, 4) is 5.75 Å². The number of hydrogen-bond donors (Lipinski definition) is 1. The van der Waals surface area contributed by atoms with Crippen molar-refractivity contribution in [3.63, 3.8) is 0 Å². The number of halogens is 1. The van der Waals surface area contributed by atoms with E-state index in [2.05, 4.69) is 5.32 Å². The minimum absolute atomic E-state index is 0.0825. The Hall–Kier alpha value is -0.940. The average Bonchev–Trinajstić information content (AvgIpc) is 2.28. The molecule has 0 saturated heterocycles. The van der Waals surface area contributed by atoms with Crippen LogP contribution in [-0.4, -0.2) is 33.1 Å². The fourth-order valence-electron chi connectivity index (χ4n) is 1.60. The summed E-state index contributed by atoms with van der Waals surface area (Å²) in [4.78, 5) is 0. The molecule has 1 N–H and O–H groups in total. The summed E-state index contributed by atoms with van der Waals surface area (Å²) in [5, 5.41) is 3.68. The van der Waals surface area contributed by atoms with E-state index >= 15 is 0 Å². The zero-order chi connectivity index (χ0) is 13.8. The van der Waals surface area contributed by atoms with E-state index in [4.69, 9.17) is 16.3 Å². The monoisotopic (exact) mass is 291 g/mol. The average molecular weight is 292 g/mol. The van der Waals surface area contributed by atoms with E-state index < -0.39 is 9.84 Å². The van der Waals surface area contributed by atoms with Crippen molar-refractivity contribution in [2.75, 3.05) is 23.9 Å². The first-order valence-electron chi connectivity index (χ1n) is 5.68. The summed E-state index contributed by atoms with van der Waals surface area (Å²) < 4.78 is 28.2. The van der Waals surface area contributed by atoms with Crippen LogP contribution < -0.4 is 10.1 Å². The molecular formula is C12H18ClNO3S. The van der Waals surface area contributed by atoms with Gasteiger partial charge in [0, 0.05) is 16.8 Å². The van der Waals surface area contributed by atoms with Crippen molar-refractivity contribution < 1.29 is 13.2 Å². The van der Waals surface area contributed by atoms with Crippen LogP contribution in [0.1, 0.15) is 13.8 Å². The molecule has 1 aromatic carbocycles. The van der Waals surface area contributed by atoms with E-state index in [0.29, 0.717) is 16.5 Å². The molecule has 0 aliphatic heterocycles. The molecule has 0 heterocycles. The standard InChI is InChI=1S/C12H18ClNO3S/c1-4-18(15,16)8-9(2)14-11-7-10(13)5-6-12(11)17-3/h5-7,9,14H,4,8H2,1-3H3. The third kappa shape index (κ3) is 4.38. The van der Waals surface area contributed by atoms with Crippen molar-refractivity contribution in [3.05, 3.63) is 23.2 Å². The van der Waals surface area contributed by atoms with Crippen molar-refractivity contribution in [1.29, 1.82) is 0 Å². The Labute approximate surface area is 113 Å². The lowest BCUT2D eigenvalue weighted by atomic mass is 10.2. The molecule has 1 aromatic rings. The van der Waals surface area contributed by atoms with Crippen LogP contribution in [0.2, 0.25) is 5.02 Å². The van der Waals surface area contributed by atoms with Crippen LogP contribution in [0.5, 0.6) is 5.75 Å². The van der Waals surface area contributed by atoms with Gasteiger partial charge in [0.1, 0.15) is 5.75 Å². The number of benzene rings is 1. The highest BCUT2D eigenvalue weighted by molar-refractivity contribution is 7.91. The zero-order valence-corrected chi connectivity index (χ0v) is 12.3.